The maximum absolute atomic E-state index is 13.4. The Bertz CT molecular complexity index is 604. The molecular weight excluding hydrogens is 376 g/mol. The molecule has 2 aliphatic carbocycles. The molecule has 0 spiro atoms. The van der Waals surface area contributed by atoms with Crippen LogP contribution in [-0.2, 0) is 14.0 Å². The summed E-state index contributed by atoms with van der Waals surface area (Å²) in [7, 11) is -1.85. The van der Waals surface area contributed by atoms with Crippen LogP contribution < -0.4 is 0 Å². The molecule has 3 nitrogen and oxygen atoms in total. The number of carbonyl (C=O) groups is 1. The van der Waals surface area contributed by atoms with Gasteiger partial charge in [-0.05, 0) is 82.3 Å². The van der Waals surface area contributed by atoms with E-state index in [-0.39, 0.29) is 23.0 Å². The molecule has 0 aromatic carbocycles. The summed E-state index contributed by atoms with van der Waals surface area (Å²) < 4.78 is 12.5. The fraction of sp³-hybridized carbons (Fsp3) is 0.880. The second kappa shape index (κ2) is 9.26. The predicted molar refractivity (Wildman–Crippen MR) is 124 cm³/mol. The smallest absolute Gasteiger partial charge is 0.312 e. The van der Waals surface area contributed by atoms with Gasteiger partial charge in [0.25, 0.3) is 0 Å². The van der Waals surface area contributed by atoms with Crippen molar-refractivity contribution < 1.29 is 14.0 Å². The first kappa shape index (κ1) is 24.7. The second-order valence-electron chi connectivity index (χ2n) is 11.2. The molecule has 168 valence electrons. The van der Waals surface area contributed by atoms with Gasteiger partial charge in [0.1, 0.15) is 0 Å². The lowest BCUT2D eigenvalue weighted by Crippen LogP contribution is -2.52. The molecule has 0 aromatic heterocycles. The van der Waals surface area contributed by atoms with E-state index in [1.54, 1.807) is 0 Å². The molecule has 5 atom stereocenters. The van der Waals surface area contributed by atoms with Gasteiger partial charge < -0.3 is 9.16 Å². The summed E-state index contributed by atoms with van der Waals surface area (Å²) >= 11 is 0. The van der Waals surface area contributed by atoms with Crippen molar-refractivity contribution in [1.29, 1.82) is 0 Å². The first-order chi connectivity index (χ1) is 13.4. The summed E-state index contributed by atoms with van der Waals surface area (Å²) in [6, 6.07) is 0. The van der Waals surface area contributed by atoms with Crippen LogP contribution in [0, 0.1) is 23.2 Å². The summed E-state index contributed by atoms with van der Waals surface area (Å²) in [6.45, 7) is 20.6. The average molecular weight is 423 g/mol. The van der Waals surface area contributed by atoms with Crippen LogP contribution in [0.1, 0.15) is 87.0 Å². The quantitative estimate of drug-likeness (QED) is 0.249. The molecular formula is C25H46O3Si. The van der Waals surface area contributed by atoms with E-state index in [4.69, 9.17) is 9.16 Å². The zero-order valence-electron chi connectivity index (χ0n) is 20.6. The van der Waals surface area contributed by atoms with Crippen LogP contribution >= 0.6 is 0 Å². The third-order valence-corrected chi connectivity index (χ3v) is 12.8. The Morgan fingerprint density at radius 2 is 1.86 bits per heavy atom. The number of rotatable bonds is 7. The lowest BCUT2D eigenvalue weighted by molar-refractivity contribution is -0.165. The molecule has 1 fully saturated rings. The van der Waals surface area contributed by atoms with Gasteiger partial charge in [0.2, 0.25) is 0 Å². The van der Waals surface area contributed by atoms with Crippen molar-refractivity contribution in [2.45, 2.75) is 111 Å². The van der Waals surface area contributed by atoms with Crippen molar-refractivity contribution in [2.24, 2.45) is 23.2 Å². The number of allylic oxidation sites excluding steroid dienone is 2. The van der Waals surface area contributed by atoms with Crippen LogP contribution in [0.3, 0.4) is 0 Å². The van der Waals surface area contributed by atoms with Gasteiger partial charge in [-0.1, -0.05) is 52.2 Å². The highest BCUT2D eigenvalue weighted by molar-refractivity contribution is 6.74. The van der Waals surface area contributed by atoms with Crippen molar-refractivity contribution >= 4 is 14.3 Å². The van der Waals surface area contributed by atoms with Crippen molar-refractivity contribution in [2.75, 3.05) is 6.61 Å². The Morgan fingerprint density at radius 3 is 2.41 bits per heavy atom. The van der Waals surface area contributed by atoms with Gasteiger partial charge >= 0.3 is 5.97 Å². The first-order valence-corrected chi connectivity index (χ1v) is 14.8. The molecule has 1 saturated carbocycles. The fourth-order valence-corrected chi connectivity index (χ4v) is 6.90. The molecule has 2 rings (SSSR count). The molecule has 0 bridgehead atoms. The summed E-state index contributed by atoms with van der Waals surface area (Å²) in [5.74, 6) is 1.14. The minimum atomic E-state index is -1.85. The Hall–Kier alpha value is -0.613. The molecule has 0 unspecified atom stereocenters. The third-order valence-electron chi connectivity index (χ3n) is 8.28. The highest BCUT2D eigenvalue weighted by Gasteiger charge is 2.54. The van der Waals surface area contributed by atoms with Gasteiger partial charge in [-0.15, -0.1) is 0 Å². The van der Waals surface area contributed by atoms with Gasteiger partial charge in [0.05, 0.1) is 12.0 Å². The first-order valence-electron chi connectivity index (χ1n) is 11.9. The molecule has 0 saturated heterocycles. The van der Waals surface area contributed by atoms with Gasteiger partial charge in [0.15, 0.2) is 8.32 Å². The maximum atomic E-state index is 13.4. The van der Waals surface area contributed by atoms with Gasteiger partial charge in [-0.25, -0.2) is 0 Å². The van der Waals surface area contributed by atoms with Gasteiger partial charge in [0, 0.05) is 6.10 Å². The molecule has 2 aliphatic rings. The number of ether oxygens (including phenoxy) is 1. The monoisotopic (exact) mass is 422 g/mol. The summed E-state index contributed by atoms with van der Waals surface area (Å²) in [6.07, 6.45) is 9.45. The predicted octanol–water partition coefficient (Wildman–Crippen LogP) is 7.13. The van der Waals surface area contributed by atoms with Gasteiger partial charge in [-0.2, -0.15) is 0 Å². The van der Waals surface area contributed by atoms with E-state index in [9.17, 15) is 4.79 Å². The normalized spacial score (nSPS) is 31.6. The van der Waals surface area contributed by atoms with Crippen molar-refractivity contribution in [3.05, 3.63) is 11.6 Å². The van der Waals surface area contributed by atoms with E-state index >= 15 is 0 Å². The molecule has 29 heavy (non-hydrogen) atoms. The maximum Gasteiger partial charge on any atom is 0.312 e. The second-order valence-corrected chi connectivity index (χ2v) is 15.9. The van der Waals surface area contributed by atoms with E-state index in [2.05, 4.69) is 60.7 Å². The highest BCUT2D eigenvalue weighted by atomic mass is 28.4. The van der Waals surface area contributed by atoms with E-state index in [0.717, 1.165) is 19.3 Å². The number of fused-ring (bicyclic) bond motifs is 1. The van der Waals surface area contributed by atoms with E-state index in [0.29, 0.717) is 18.4 Å². The molecule has 0 amide bonds. The van der Waals surface area contributed by atoms with Crippen LogP contribution in [0.5, 0.6) is 0 Å². The van der Waals surface area contributed by atoms with Crippen LogP contribution in [0.25, 0.3) is 0 Å². The van der Waals surface area contributed by atoms with E-state index in [1.807, 2.05) is 6.92 Å². The minimum Gasteiger partial charge on any atom is -0.466 e. The number of hydrogen-bond donors (Lipinski definition) is 0. The zero-order chi connectivity index (χ0) is 22.0. The lowest BCUT2D eigenvalue weighted by Gasteiger charge is -2.51. The molecule has 0 aliphatic heterocycles. The van der Waals surface area contributed by atoms with Crippen LogP contribution in [0.4, 0.5) is 0 Å². The summed E-state index contributed by atoms with van der Waals surface area (Å²) in [5, 5.41) is 0.191. The fourth-order valence-electron chi connectivity index (χ4n) is 5.45. The molecule has 0 radical (unpaired) electrons. The van der Waals surface area contributed by atoms with Crippen molar-refractivity contribution in [1.82, 2.24) is 0 Å². The molecule has 4 heteroatoms. The molecule has 0 heterocycles. The van der Waals surface area contributed by atoms with Crippen LogP contribution in [-0.4, -0.2) is 27.0 Å². The van der Waals surface area contributed by atoms with Gasteiger partial charge in [-0.3, -0.25) is 4.79 Å². The molecule has 0 aromatic rings. The average Bonchev–Trinajstić information content (AvgIpc) is 2.63. The van der Waals surface area contributed by atoms with Crippen LogP contribution in [0.15, 0.2) is 11.6 Å². The molecule has 0 N–H and O–H groups in total. The minimum absolute atomic E-state index is 0.0107. The van der Waals surface area contributed by atoms with E-state index in [1.165, 1.54) is 24.8 Å². The zero-order valence-corrected chi connectivity index (χ0v) is 21.6. The SMILES string of the molecule is CCOC(=O)[C@@]1(C)[C@@H](C[C@@H](CC)O[Si](C)(C)C(C)(C)C)C(C)=C[C@H]2CCCC[C@@H]21. The standard InChI is InChI=1S/C25H46O3Si/c1-10-20(28-29(8,9)24(4,5)6)17-22-18(3)16-19-14-12-13-15-21(19)25(22,7)23(26)27-11-2/h16,19-22H,10-15,17H2,1-9H3/t19-,20-,21+,22+,25-/m1/s1. The third kappa shape index (κ3) is 5.00. The summed E-state index contributed by atoms with van der Waals surface area (Å²) in [5.41, 5.74) is 0.936. The lowest BCUT2D eigenvalue weighted by atomic mass is 9.53. The van der Waals surface area contributed by atoms with Crippen LogP contribution in [0.2, 0.25) is 18.1 Å². The highest BCUT2D eigenvalue weighted by Crippen LogP contribution is 2.55. The van der Waals surface area contributed by atoms with Crippen molar-refractivity contribution in [3.8, 4) is 0 Å². The Balaban J connectivity index is 2.36. The number of carbonyl (C=O) groups excluding carboxylic acids is 1. The van der Waals surface area contributed by atoms with Crippen molar-refractivity contribution in [3.63, 3.8) is 0 Å². The van der Waals surface area contributed by atoms with E-state index < -0.39 is 13.7 Å². The number of hydrogen-bond acceptors (Lipinski definition) is 3. The Morgan fingerprint density at radius 1 is 1.24 bits per heavy atom. The largest absolute Gasteiger partial charge is 0.466 e. The summed E-state index contributed by atoms with van der Waals surface area (Å²) in [4.78, 5) is 13.4. The Labute approximate surface area is 181 Å². The Kier molecular flexibility index (Phi) is 7.87. The topological polar surface area (TPSA) is 35.5 Å². The number of esters is 1.